The average molecular weight is 134 g/mol. The molecule has 0 spiro atoms. The van der Waals surface area contributed by atoms with Crippen molar-refractivity contribution >= 4 is 11.8 Å². The smallest absolute Gasteiger partial charge is 0.147 e. The van der Waals surface area contributed by atoms with Gasteiger partial charge < -0.3 is 9.47 Å². The largest absolute Gasteiger partial charge is 0.353 e. The van der Waals surface area contributed by atoms with E-state index in [2.05, 4.69) is 6.26 Å². The minimum absolute atomic E-state index is 0.352. The highest BCUT2D eigenvalue weighted by atomic mass is 32.2. The minimum Gasteiger partial charge on any atom is -0.353 e. The lowest BCUT2D eigenvalue weighted by molar-refractivity contribution is 0.0525. The van der Waals surface area contributed by atoms with Gasteiger partial charge in [-0.15, -0.1) is 0 Å². The highest BCUT2D eigenvalue weighted by Crippen LogP contribution is 2.07. The van der Waals surface area contributed by atoms with Crippen molar-refractivity contribution in [2.75, 3.05) is 25.4 Å². The molecular weight excluding hydrogens is 124 g/mol. The molecule has 0 aromatic heterocycles. The van der Waals surface area contributed by atoms with Crippen LogP contribution in [0.4, 0.5) is 0 Å². The predicted molar refractivity (Wildman–Crippen MR) is 34.1 cm³/mol. The molecule has 0 amide bonds. The van der Waals surface area contributed by atoms with Crippen molar-refractivity contribution in [2.24, 2.45) is 0 Å². The van der Waals surface area contributed by atoms with Gasteiger partial charge in [0.1, 0.15) is 6.79 Å². The summed E-state index contributed by atoms with van der Waals surface area (Å²) in [4.78, 5) is 0. The lowest BCUT2D eigenvalue weighted by Crippen LogP contribution is -2.11. The van der Waals surface area contributed by atoms with Crippen molar-refractivity contribution in [2.45, 2.75) is 6.10 Å². The molecule has 1 fully saturated rings. The number of thioether (sulfide) groups is 1. The van der Waals surface area contributed by atoms with E-state index < -0.39 is 0 Å². The summed E-state index contributed by atoms with van der Waals surface area (Å²) >= 11 is 1.79. The van der Waals surface area contributed by atoms with Gasteiger partial charge in [0.2, 0.25) is 0 Å². The quantitative estimate of drug-likeness (QED) is 0.554. The zero-order valence-electron chi connectivity index (χ0n) is 4.92. The zero-order chi connectivity index (χ0) is 5.82. The van der Waals surface area contributed by atoms with Crippen LogP contribution in [0.25, 0.3) is 0 Å². The molecule has 0 aromatic carbocycles. The number of hydrogen-bond donors (Lipinski definition) is 0. The first kappa shape index (κ1) is 6.39. The molecule has 0 radical (unpaired) electrons. The summed E-state index contributed by atoms with van der Waals surface area (Å²) in [5.41, 5.74) is 0. The van der Waals surface area contributed by atoms with Gasteiger partial charge in [0.05, 0.1) is 12.7 Å². The lowest BCUT2D eigenvalue weighted by Gasteiger charge is -2.01. The molecule has 1 aliphatic heterocycles. The second-order valence-corrected chi connectivity index (χ2v) is 2.64. The van der Waals surface area contributed by atoms with Crippen LogP contribution < -0.4 is 0 Å². The van der Waals surface area contributed by atoms with Crippen LogP contribution in [-0.2, 0) is 9.47 Å². The SMILES string of the molecule is CSCC1COCO1. The molecule has 0 aliphatic carbocycles. The Hall–Kier alpha value is 0.270. The van der Waals surface area contributed by atoms with E-state index in [1.807, 2.05) is 0 Å². The molecule has 0 aromatic rings. The summed E-state index contributed by atoms with van der Waals surface area (Å²) in [5.74, 6) is 1.06. The Morgan fingerprint density at radius 3 is 3.12 bits per heavy atom. The van der Waals surface area contributed by atoms with Crippen molar-refractivity contribution in [3.05, 3.63) is 0 Å². The van der Waals surface area contributed by atoms with Crippen LogP contribution in [0.3, 0.4) is 0 Å². The summed E-state index contributed by atoms with van der Waals surface area (Å²) in [5, 5.41) is 0. The van der Waals surface area contributed by atoms with Crippen LogP contribution in [-0.4, -0.2) is 31.5 Å². The van der Waals surface area contributed by atoms with E-state index in [0.717, 1.165) is 12.4 Å². The molecule has 1 atom stereocenters. The maximum atomic E-state index is 5.15. The van der Waals surface area contributed by atoms with E-state index in [1.54, 1.807) is 11.8 Å². The lowest BCUT2D eigenvalue weighted by atomic mass is 10.4. The van der Waals surface area contributed by atoms with E-state index >= 15 is 0 Å². The molecule has 1 rings (SSSR count). The standard InChI is InChI=1S/C5H10O2S/c1-8-3-5-2-6-4-7-5/h5H,2-4H2,1H3. The summed E-state index contributed by atoms with van der Waals surface area (Å²) < 4.78 is 10.1. The van der Waals surface area contributed by atoms with Crippen molar-refractivity contribution in [3.63, 3.8) is 0 Å². The van der Waals surface area contributed by atoms with Gasteiger partial charge in [0, 0.05) is 5.75 Å². The number of hydrogen-bond acceptors (Lipinski definition) is 3. The number of ether oxygens (including phenoxy) is 2. The first-order valence-corrected chi connectivity index (χ1v) is 4.01. The Morgan fingerprint density at radius 2 is 2.62 bits per heavy atom. The van der Waals surface area contributed by atoms with Crippen LogP contribution in [0.1, 0.15) is 0 Å². The molecule has 0 bridgehead atoms. The Bertz CT molecular complexity index is 61.4. The fourth-order valence-electron chi connectivity index (χ4n) is 0.654. The number of rotatable bonds is 2. The Kier molecular flexibility index (Phi) is 2.66. The van der Waals surface area contributed by atoms with E-state index in [0.29, 0.717) is 12.9 Å². The van der Waals surface area contributed by atoms with Crippen LogP contribution in [0.2, 0.25) is 0 Å². The second kappa shape index (κ2) is 3.33. The van der Waals surface area contributed by atoms with Crippen molar-refractivity contribution in [1.82, 2.24) is 0 Å². The van der Waals surface area contributed by atoms with Crippen LogP contribution in [0.5, 0.6) is 0 Å². The van der Waals surface area contributed by atoms with E-state index in [9.17, 15) is 0 Å². The summed E-state index contributed by atoms with van der Waals surface area (Å²) in [6.07, 6.45) is 2.42. The normalized spacial score (nSPS) is 28.9. The van der Waals surface area contributed by atoms with Gasteiger partial charge >= 0.3 is 0 Å². The van der Waals surface area contributed by atoms with Gasteiger partial charge in [-0.1, -0.05) is 0 Å². The molecule has 48 valence electrons. The topological polar surface area (TPSA) is 18.5 Å². The Balaban J connectivity index is 2.06. The zero-order valence-corrected chi connectivity index (χ0v) is 5.74. The predicted octanol–water partition coefficient (Wildman–Crippen LogP) is 0.722. The average Bonchev–Trinajstić information content (AvgIpc) is 2.19. The third-order valence-electron chi connectivity index (χ3n) is 1.04. The van der Waals surface area contributed by atoms with Crippen molar-refractivity contribution in [3.8, 4) is 0 Å². The summed E-state index contributed by atoms with van der Waals surface area (Å²) in [7, 11) is 0. The van der Waals surface area contributed by atoms with Crippen LogP contribution in [0, 0.1) is 0 Å². The molecule has 3 heteroatoms. The molecule has 1 heterocycles. The highest BCUT2D eigenvalue weighted by molar-refractivity contribution is 7.98. The molecule has 1 saturated heterocycles. The summed E-state index contributed by atoms with van der Waals surface area (Å²) in [6, 6.07) is 0. The highest BCUT2D eigenvalue weighted by Gasteiger charge is 2.13. The van der Waals surface area contributed by atoms with Gasteiger partial charge in [-0.25, -0.2) is 0 Å². The molecule has 1 aliphatic rings. The second-order valence-electron chi connectivity index (χ2n) is 1.73. The van der Waals surface area contributed by atoms with Gasteiger partial charge in [0.25, 0.3) is 0 Å². The van der Waals surface area contributed by atoms with Gasteiger partial charge in [-0.05, 0) is 6.26 Å². The van der Waals surface area contributed by atoms with E-state index in [-0.39, 0.29) is 0 Å². The fourth-order valence-corrected chi connectivity index (χ4v) is 1.22. The molecule has 1 unspecified atom stereocenters. The first-order chi connectivity index (χ1) is 3.93. The Labute approximate surface area is 53.5 Å². The molecule has 2 nitrogen and oxygen atoms in total. The van der Waals surface area contributed by atoms with Crippen molar-refractivity contribution in [1.29, 1.82) is 0 Å². The molecule has 0 saturated carbocycles. The fraction of sp³-hybridized carbons (Fsp3) is 1.00. The third kappa shape index (κ3) is 1.65. The summed E-state index contributed by atoms with van der Waals surface area (Å²) in [6.45, 7) is 1.27. The molecule has 8 heavy (non-hydrogen) atoms. The molecule has 0 N–H and O–H groups in total. The van der Waals surface area contributed by atoms with Gasteiger partial charge in [-0.3, -0.25) is 0 Å². The van der Waals surface area contributed by atoms with E-state index in [4.69, 9.17) is 9.47 Å². The Morgan fingerprint density at radius 1 is 1.75 bits per heavy atom. The third-order valence-corrected chi connectivity index (χ3v) is 1.75. The first-order valence-electron chi connectivity index (χ1n) is 2.62. The molecular formula is C5H10O2S. The van der Waals surface area contributed by atoms with Crippen LogP contribution >= 0.6 is 11.8 Å². The maximum Gasteiger partial charge on any atom is 0.147 e. The van der Waals surface area contributed by atoms with Crippen molar-refractivity contribution < 1.29 is 9.47 Å². The minimum atomic E-state index is 0.352. The monoisotopic (exact) mass is 134 g/mol. The van der Waals surface area contributed by atoms with Gasteiger partial charge in [-0.2, -0.15) is 11.8 Å². The van der Waals surface area contributed by atoms with Crippen LogP contribution in [0.15, 0.2) is 0 Å². The van der Waals surface area contributed by atoms with Gasteiger partial charge in [0.15, 0.2) is 0 Å². The maximum absolute atomic E-state index is 5.15. The van der Waals surface area contributed by atoms with E-state index in [1.165, 1.54) is 0 Å².